The van der Waals surface area contributed by atoms with E-state index < -0.39 is 22.7 Å². The fourth-order valence-corrected chi connectivity index (χ4v) is 3.54. The monoisotopic (exact) mass is 385 g/mol. The minimum atomic E-state index is -1.48. The van der Waals surface area contributed by atoms with E-state index >= 15 is 0 Å². The molecule has 1 unspecified atom stereocenters. The molecule has 126 valence electrons. The van der Waals surface area contributed by atoms with Gasteiger partial charge in [0.05, 0.1) is 5.56 Å². The number of hydrogen-bond acceptors (Lipinski definition) is 3. The van der Waals surface area contributed by atoms with Crippen molar-refractivity contribution in [3.05, 3.63) is 63.6 Å². The summed E-state index contributed by atoms with van der Waals surface area (Å²) in [6, 6.07) is 10.7. The third-order valence-corrected chi connectivity index (χ3v) is 4.62. The number of amides is 1. The highest BCUT2D eigenvalue weighted by Crippen LogP contribution is 2.22. The molecule has 0 heterocycles. The van der Waals surface area contributed by atoms with E-state index in [1.54, 1.807) is 12.1 Å². The van der Waals surface area contributed by atoms with Crippen LogP contribution in [-0.4, -0.2) is 26.9 Å². The molecule has 0 saturated carbocycles. The lowest BCUT2D eigenvalue weighted by molar-refractivity contribution is -0.113. The predicted octanol–water partition coefficient (Wildman–Crippen LogP) is 3.58. The van der Waals surface area contributed by atoms with Crippen LogP contribution in [0.4, 0.5) is 5.69 Å². The molecule has 24 heavy (non-hydrogen) atoms. The number of rotatable bonds is 6. The second-order valence-corrected chi connectivity index (χ2v) is 7.27. The van der Waals surface area contributed by atoms with Crippen LogP contribution in [0.2, 0.25) is 10.0 Å². The van der Waals surface area contributed by atoms with Crippen molar-refractivity contribution >= 4 is 51.6 Å². The van der Waals surface area contributed by atoms with Crippen LogP contribution in [0.1, 0.15) is 15.9 Å². The summed E-state index contributed by atoms with van der Waals surface area (Å²) in [5, 5.41) is 12.3. The topological polar surface area (TPSA) is 83.5 Å². The Morgan fingerprint density at radius 1 is 1.08 bits per heavy atom. The molecule has 0 aromatic heterocycles. The second-order valence-electron chi connectivity index (χ2n) is 4.94. The van der Waals surface area contributed by atoms with Gasteiger partial charge in [0.1, 0.15) is 5.75 Å². The number of nitrogens with one attached hydrogen (secondary N) is 1. The third kappa shape index (κ3) is 5.63. The molecule has 2 N–H and O–H groups in total. The van der Waals surface area contributed by atoms with Crippen LogP contribution in [0.5, 0.6) is 0 Å². The van der Waals surface area contributed by atoms with Gasteiger partial charge in [0.25, 0.3) is 0 Å². The zero-order valence-electron chi connectivity index (χ0n) is 12.3. The Labute approximate surface area is 151 Å². The van der Waals surface area contributed by atoms with Gasteiger partial charge in [-0.05, 0) is 35.9 Å². The summed E-state index contributed by atoms with van der Waals surface area (Å²) in [6.45, 7) is 0. The quantitative estimate of drug-likeness (QED) is 0.795. The molecular formula is C16H13Cl2NO4S. The molecule has 1 atom stereocenters. The summed E-state index contributed by atoms with van der Waals surface area (Å²) in [5.74, 6) is -1.63. The lowest BCUT2D eigenvalue weighted by Crippen LogP contribution is -2.20. The van der Waals surface area contributed by atoms with Gasteiger partial charge in [-0.2, -0.15) is 0 Å². The van der Waals surface area contributed by atoms with Gasteiger partial charge in [-0.25, -0.2) is 4.79 Å². The van der Waals surface area contributed by atoms with Crippen LogP contribution in [-0.2, 0) is 21.3 Å². The number of carboxylic acid groups (broad SMARTS) is 1. The van der Waals surface area contributed by atoms with Gasteiger partial charge in [0, 0.05) is 32.3 Å². The zero-order valence-corrected chi connectivity index (χ0v) is 14.6. The average molecular weight is 386 g/mol. The molecule has 0 saturated heterocycles. The molecule has 2 aromatic carbocycles. The second kappa shape index (κ2) is 8.28. The summed E-state index contributed by atoms with van der Waals surface area (Å²) in [5.41, 5.74) is 1.12. The summed E-state index contributed by atoms with van der Waals surface area (Å²) in [6.07, 6.45) is 0. The first-order chi connectivity index (χ1) is 11.3. The number of benzene rings is 2. The maximum Gasteiger partial charge on any atom is 0.335 e. The number of anilines is 1. The van der Waals surface area contributed by atoms with Gasteiger partial charge < -0.3 is 10.4 Å². The van der Waals surface area contributed by atoms with Crippen LogP contribution in [0.3, 0.4) is 0 Å². The molecule has 0 aliphatic carbocycles. The highest BCUT2D eigenvalue weighted by molar-refractivity contribution is 7.84. The smallest absolute Gasteiger partial charge is 0.335 e. The Hall–Kier alpha value is -1.89. The van der Waals surface area contributed by atoms with E-state index in [2.05, 4.69) is 5.32 Å². The lowest BCUT2D eigenvalue weighted by Gasteiger charge is -2.07. The molecule has 0 fully saturated rings. The Bertz CT molecular complexity index is 790. The van der Waals surface area contributed by atoms with Crippen molar-refractivity contribution in [1.82, 2.24) is 0 Å². The van der Waals surface area contributed by atoms with E-state index in [0.717, 1.165) is 0 Å². The van der Waals surface area contributed by atoms with E-state index in [0.29, 0.717) is 21.3 Å². The molecular weight excluding hydrogens is 373 g/mol. The van der Waals surface area contributed by atoms with Gasteiger partial charge >= 0.3 is 5.97 Å². The molecule has 0 radical (unpaired) electrons. The number of hydrogen-bond donors (Lipinski definition) is 2. The summed E-state index contributed by atoms with van der Waals surface area (Å²) >= 11 is 11.7. The maximum absolute atomic E-state index is 12.1. The van der Waals surface area contributed by atoms with E-state index in [1.807, 2.05) is 0 Å². The zero-order chi connectivity index (χ0) is 17.7. The highest BCUT2D eigenvalue weighted by Gasteiger charge is 2.11. The molecule has 0 aliphatic heterocycles. The fraction of sp³-hybridized carbons (Fsp3) is 0.125. The van der Waals surface area contributed by atoms with Crippen LogP contribution in [0, 0.1) is 0 Å². The van der Waals surface area contributed by atoms with Crippen LogP contribution in [0.15, 0.2) is 42.5 Å². The highest BCUT2D eigenvalue weighted by atomic mass is 35.5. The van der Waals surface area contributed by atoms with E-state index in [4.69, 9.17) is 28.3 Å². The van der Waals surface area contributed by atoms with Crippen molar-refractivity contribution < 1.29 is 18.9 Å². The first-order valence-electron chi connectivity index (χ1n) is 6.76. The lowest BCUT2D eigenvalue weighted by atomic mass is 10.1. The van der Waals surface area contributed by atoms with Crippen molar-refractivity contribution in [3.63, 3.8) is 0 Å². The van der Waals surface area contributed by atoms with Gasteiger partial charge in [-0.1, -0.05) is 35.3 Å². The van der Waals surface area contributed by atoms with Crippen molar-refractivity contribution in [2.45, 2.75) is 5.75 Å². The van der Waals surface area contributed by atoms with Crippen molar-refractivity contribution in [2.24, 2.45) is 0 Å². The predicted molar refractivity (Wildman–Crippen MR) is 95.2 cm³/mol. The molecule has 0 bridgehead atoms. The van der Waals surface area contributed by atoms with Gasteiger partial charge in [0.2, 0.25) is 5.91 Å². The molecule has 0 aliphatic rings. The largest absolute Gasteiger partial charge is 0.478 e. The van der Waals surface area contributed by atoms with E-state index in [-0.39, 0.29) is 17.1 Å². The average Bonchev–Trinajstić information content (AvgIpc) is 2.45. The van der Waals surface area contributed by atoms with E-state index in [1.165, 1.54) is 30.3 Å². The minimum absolute atomic E-state index is 0.0881. The summed E-state index contributed by atoms with van der Waals surface area (Å²) in [7, 11) is -1.48. The first kappa shape index (κ1) is 18.4. The van der Waals surface area contributed by atoms with Crippen LogP contribution < -0.4 is 5.32 Å². The van der Waals surface area contributed by atoms with Gasteiger partial charge in [-0.15, -0.1) is 0 Å². The molecule has 2 aromatic rings. The first-order valence-corrected chi connectivity index (χ1v) is 9.01. The molecule has 8 heteroatoms. The molecule has 0 spiro atoms. The standard InChI is InChI=1S/C16H13Cl2NO4S/c17-12-5-13(18)7-14(6-12)19-15(20)9-24(23)8-10-2-1-3-11(4-10)16(21)22/h1-7H,8-9H2,(H,19,20)(H,21,22). The Balaban J connectivity index is 1.95. The van der Waals surface area contributed by atoms with Gasteiger partial charge in [-0.3, -0.25) is 9.00 Å². The SMILES string of the molecule is O=C(CS(=O)Cc1cccc(C(=O)O)c1)Nc1cc(Cl)cc(Cl)c1. The fourth-order valence-electron chi connectivity index (χ4n) is 2.00. The van der Waals surface area contributed by atoms with E-state index in [9.17, 15) is 13.8 Å². The van der Waals surface area contributed by atoms with Gasteiger partial charge in [0.15, 0.2) is 0 Å². The van der Waals surface area contributed by atoms with Crippen LogP contribution >= 0.6 is 23.2 Å². The third-order valence-electron chi connectivity index (χ3n) is 2.94. The number of aromatic carboxylic acids is 1. The number of carbonyl (C=O) groups is 2. The maximum atomic E-state index is 12.1. The summed E-state index contributed by atoms with van der Waals surface area (Å²) in [4.78, 5) is 22.8. The van der Waals surface area contributed by atoms with Crippen molar-refractivity contribution in [1.29, 1.82) is 0 Å². The van der Waals surface area contributed by atoms with Crippen LogP contribution in [0.25, 0.3) is 0 Å². The van der Waals surface area contributed by atoms with Crippen molar-refractivity contribution in [2.75, 3.05) is 11.1 Å². The number of halogens is 2. The normalized spacial score (nSPS) is 11.8. The Kier molecular flexibility index (Phi) is 6.36. The Morgan fingerprint density at radius 3 is 2.38 bits per heavy atom. The van der Waals surface area contributed by atoms with Crippen molar-refractivity contribution in [3.8, 4) is 0 Å². The minimum Gasteiger partial charge on any atom is -0.478 e. The number of carbonyl (C=O) groups excluding carboxylic acids is 1. The molecule has 5 nitrogen and oxygen atoms in total. The summed E-state index contributed by atoms with van der Waals surface area (Å²) < 4.78 is 12.1. The number of carboxylic acids is 1. The Morgan fingerprint density at radius 2 is 1.75 bits per heavy atom. The molecule has 1 amide bonds. The molecule has 2 rings (SSSR count).